The van der Waals surface area contributed by atoms with E-state index in [1.54, 1.807) is 30.5 Å². The predicted molar refractivity (Wildman–Crippen MR) is 104 cm³/mol. The van der Waals surface area contributed by atoms with Gasteiger partial charge in [0.05, 0.1) is 29.8 Å². The molecular weight excluding hydrogens is 423 g/mol. The van der Waals surface area contributed by atoms with Gasteiger partial charge in [-0.25, -0.2) is 13.1 Å². The molecule has 11 heteroatoms. The van der Waals surface area contributed by atoms with Crippen molar-refractivity contribution < 1.29 is 31.1 Å². The summed E-state index contributed by atoms with van der Waals surface area (Å²) in [6.07, 6.45) is -3.13. The third kappa shape index (κ3) is 4.69. The zero-order chi connectivity index (χ0) is 21.9. The van der Waals surface area contributed by atoms with Gasteiger partial charge in [0.15, 0.2) is 0 Å². The molecule has 2 N–H and O–H groups in total. The van der Waals surface area contributed by atoms with Crippen molar-refractivity contribution in [2.75, 3.05) is 19.0 Å². The Bertz CT molecular complexity index is 1200. The second kappa shape index (κ2) is 8.28. The number of sulfonamides is 1. The molecule has 0 radical (unpaired) electrons. The Morgan fingerprint density at radius 1 is 1.13 bits per heavy atom. The number of pyridine rings is 1. The van der Waals surface area contributed by atoms with Crippen molar-refractivity contribution in [1.29, 1.82) is 0 Å². The van der Waals surface area contributed by atoms with Crippen molar-refractivity contribution in [1.82, 2.24) is 9.71 Å². The Hall–Kier alpha value is -3.18. The number of nitrogens with zero attached hydrogens (tertiary/aromatic N) is 1. The highest BCUT2D eigenvalue weighted by molar-refractivity contribution is 7.89. The van der Waals surface area contributed by atoms with E-state index in [-0.39, 0.29) is 0 Å². The summed E-state index contributed by atoms with van der Waals surface area (Å²) >= 11 is 0. The molecule has 0 fully saturated rings. The quantitative estimate of drug-likeness (QED) is 0.615. The number of nitrogens with one attached hydrogen (secondary N) is 2. The lowest BCUT2D eigenvalue weighted by Crippen LogP contribution is -2.33. The number of hydrogen-bond donors (Lipinski definition) is 2. The van der Waals surface area contributed by atoms with E-state index in [9.17, 15) is 26.4 Å². The fourth-order valence-electron chi connectivity index (χ4n) is 2.70. The molecule has 0 saturated carbocycles. The van der Waals surface area contributed by atoms with Crippen LogP contribution >= 0.6 is 0 Å². The first-order chi connectivity index (χ1) is 14.1. The molecule has 0 aliphatic carbocycles. The Kier molecular flexibility index (Phi) is 5.94. The number of fused-ring (bicyclic) bond motifs is 1. The summed E-state index contributed by atoms with van der Waals surface area (Å²) < 4.78 is 70.2. The number of benzene rings is 2. The molecule has 1 aromatic heterocycles. The van der Waals surface area contributed by atoms with Crippen LogP contribution < -0.4 is 14.8 Å². The van der Waals surface area contributed by atoms with Gasteiger partial charge in [0.1, 0.15) is 11.3 Å². The van der Waals surface area contributed by atoms with Gasteiger partial charge >= 0.3 is 6.18 Å². The van der Waals surface area contributed by atoms with Crippen LogP contribution in [0.15, 0.2) is 59.6 Å². The van der Waals surface area contributed by atoms with Crippen molar-refractivity contribution >= 4 is 32.5 Å². The Balaban J connectivity index is 1.74. The minimum Gasteiger partial charge on any atom is -0.494 e. The number of carbonyl (C=O) groups is 1. The van der Waals surface area contributed by atoms with Gasteiger partial charge in [-0.15, -0.1) is 0 Å². The Morgan fingerprint density at radius 2 is 1.90 bits per heavy atom. The average Bonchev–Trinajstić information content (AvgIpc) is 2.72. The molecule has 2 aromatic carbocycles. The van der Waals surface area contributed by atoms with Crippen molar-refractivity contribution in [3.63, 3.8) is 0 Å². The number of methoxy groups -OCH3 is 1. The van der Waals surface area contributed by atoms with Crippen molar-refractivity contribution in [3.05, 3.63) is 60.3 Å². The van der Waals surface area contributed by atoms with Gasteiger partial charge in [-0.3, -0.25) is 9.78 Å². The summed E-state index contributed by atoms with van der Waals surface area (Å²) in [5.41, 5.74) is -0.225. The van der Waals surface area contributed by atoms with Crippen LogP contribution in [-0.4, -0.2) is 33.0 Å². The molecule has 3 aromatic rings. The normalized spacial score (nSPS) is 12.0. The SMILES string of the molecule is COc1ccc(NC(=O)CNS(=O)(=O)c2cccc(C(F)(F)F)c2)c2cccnc12. The number of hydrogen-bond acceptors (Lipinski definition) is 5. The summed E-state index contributed by atoms with van der Waals surface area (Å²) in [7, 11) is -2.85. The number of aromatic nitrogens is 1. The van der Waals surface area contributed by atoms with Gasteiger partial charge < -0.3 is 10.1 Å². The van der Waals surface area contributed by atoms with E-state index in [0.717, 1.165) is 18.2 Å². The minimum atomic E-state index is -4.69. The van der Waals surface area contributed by atoms with Gasteiger partial charge in [-0.05, 0) is 42.5 Å². The van der Waals surface area contributed by atoms with Crippen LogP contribution in [0.3, 0.4) is 0 Å². The molecule has 0 atom stereocenters. The van der Waals surface area contributed by atoms with Crippen molar-refractivity contribution in [3.8, 4) is 5.75 Å². The van der Waals surface area contributed by atoms with E-state index in [1.165, 1.54) is 7.11 Å². The molecule has 7 nitrogen and oxygen atoms in total. The summed E-state index contributed by atoms with van der Waals surface area (Å²) in [6.45, 7) is -0.674. The first kappa shape index (κ1) is 21.5. The van der Waals surface area contributed by atoms with Gasteiger partial charge in [-0.2, -0.15) is 13.2 Å². The highest BCUT2D eigenvalue weighted by Crippen LogP contribution is 2.31. The zero-order valence-corrected chi connectivity index (χ0v) is 16.3. The lowest BCUT2D eigenvalue weighted by molar-refractivity contribution is -0.137. The fraction of sp³-hybridized carbons (Fsp3) is 0.158. The lowest BCUT2D eigenvalue weighted by Gasteiger charge is -2.12. The van der Waals surface area contributed by atoms with Crippen LogP contribution in [0.4, 0.5) is 18.9 Å². The molecule has 1 heterocycles. The maximum Gasteiger partial charge on any atom is 0.416 e. The Labute approximate surface area is 169 Å². The molecule has 158 valence electrons. The largest absolute Gasteiger partial charge is 0.494 e. The van der Waals surface area contributed by atoms with Gasteiger partial charge in [0.2, 0.25) is 15.9 Å². The lowest BCUT2D eigenvalue weighted by atomic mass is 10.1. The smallest absolute Gasteiger partial charge is 0.416 e. The first-order valence-electron chi connectivity index (χ1n) is 8.50. The summed E-state index contributed by atoms with van der Waals surface area (Å²) in [6, 6.07) is 9.78. The molecular formula is C19H16F3N3O4S. The molecule has 0 aliphatic heterocycles. The molecule has 3 rings (SSSR count). The second-order valence-electron chi connectivity index (χ2n) is 6.11. The number of alkyl halides is 3. The van der Waals surface area contributed by atoms with E-state index in [4.69, 9.17) is 4.74 Å². The number of anilines is 1. The predicted octanol–water partition coefficient (Wildman–Crippen LogP) is 3.18. The van der Waals surface area contributed by atoms with Crippen molar-refractivity contribution in [2.45, 2.75) is 11.1 Å². The number of halogens is 3. The van der Waals surface area contributed by atoms with Crippen LogP contribution in [0.1, 0.15) is 5.56 Å². The number of rotatable bonds is 6. The summed E-state index contributed by atoms with van der Waals surface area (Å²) in [4.78, 5) is 15.8. The maximum absolute atomic E-state index is 12.8. The highest BCUT2D eigenvalue weighted by Gasteiger charge is 2.31. The molecule has 1 amide bonds. The van der Waals surface area contributed by atoms with Crippen LogP contribution in [0.5, 0.6) is 5.75 Å². The fourth-order valence-corrected chi connectivity index (χ4v) is 3.73. The first-order valence-corrected chi connectivity index (χ1v) is 9.98. The molecule has 0 spiro atoms. The molecule has 0 aliphatic rings. The highest BCUT2D eigenvalue weighted by atomic mass is 32.2. The van der Waals surface area contributed by atoms with Crippen molar-refractivity contribution in [2.24, 2.45) is 0 Å². The molecule has 0 unspecified atom stereocenters. The van der Waals surface area contributed by atoms with E-state index >= 15 is 0 Å². The Morgan fingerprint density at radius 3 is 2.60 bits per heavy atom. The number of amides is 1. The van der Waals surface area contributed by atoms with E-state index in [1.807, 2.05) is 4.72 Å². The van der Waals surface area contributed by atoms with Crippen LogP contribution in [0.25, 0.3) is 10.9 Å². The van der Waals surface area contributed by atoms with Gasteiger partial charge in [0, 0.05) is 11.6 Å². The molecule has 0 bridgehead atoms. The standard InChI is InChI=1S/C19H16F3N3O4S/c1-29-16-8-7-15(14-6-3-9-23-18(14)16)25-17(26)11-24-30(27,28)13-5-2-4-12(10-13)19(20,21)22/h2-10,24H,11H2,1H3,(H,25,26). The number of ether oxygens (including phenoxy) is 1. The third-order valence-corrected chi connectivity index (χ3v) is 5.52. The molecule has 0 saturated heterocycles. The van der Waals surface area contributed by atoms with Gasteiger partial charge in [0.25, 0.3) is 0 Å². The third-order valence-electron chi connectivity index (χ3n) is 4.12. The van der Waals surface area contributed by atoms with Crippen LogP contribution in [0.2, 0.25) is 0 Å². The average molecular weight is 439 g/mol. The van der Waals surface area contributed by atoms with E-state index in [2.05, 4.69) is 10.3 Å². The van der Waals surface area contributed by atoms with E-state index in [0.29, 0.717) is 28.4 Å². The second-order valence-corrected chi connectivity index (χ2v) is 7.88. The van der Waals surface area contributed by atoms with Crippen LogP contribution in [0, 0.1) is 0 Å². The molecule has 30 heavy (non-hydrogen) atoms. The topological polar surface area (TPSA) is 97.4 Å². The van der Waals surface area contributed by atoms with Crippen LogP contribution in [-0.2, 0) is 21.0 Å². The maximum atomic E-state index is 12.8. The van der Waals surface area contributed by atoms with E-state index < -0.39 is 39.1 Å². The monoisotopic (exact) mass is 439 g/mol. The summed E-state index contributed by atoms with van der Waals surface area (Å²) in [5, 5.41) is 3.13. The number of carbonyl (C=O) groups excluding carboxylic acids is 1. The van der Waals surface area contributed by atoms with Gasteiger partial charge in [-0.1, -0.05) is 6.07 Å². The zero-order valence-electron chi connectivity index (χ0n) is 15.5. The summed E-state index contributed by atoms with van der Waals surface area (Å²) in [5.74, 6) is -0.213. The minimum absolute atomic E-state index is 0.377.